The van der Waals surface area contributed by atoms with E-state index in [1.807, 2.05) is 6.07 Å². The van der Waals surface area contributed by atoms with E-state index in [2.05, 4.69) is 4.84 Å². The largest absolute Gasteiger partial charge is 0.368 e. The molecule has 2 unspecified atom stereocenters. The van der Waals surface area contributed by atoms with Crippen molar-refractivity contribution in [1.29, 1.82) is 0 Å². The summed E-state index contributed by atoms with van der Waals surface area (Å²) in [6, 6.07) is 8.19. The summed E-state index contributed by atoms with van der Waals surface area (Å²) in [5.74, 6) is -0.650. The van der Waals surface area contributed by atoms with Gasteiger partial charge in [0.2, 0.25) is 5.91 Å². The van der Waals surface area contributed by atoms with Crippen LogP contribution in [0.2, 0.25) is 0 Å². The van der Waals surface area contributed by atoms with E-state index in [-0.39, 0.29) is 18.4 Å². The van der Waals surface area contributed by atoms with Gasteiger partial charge in [-0.3, -0.25) is 9.59 Å². The minimum atomic E-state index is -0.943. The molecule has 1 saturated heterocycles. The van der Waals surface area contributed by atoms with Gasteiger partial charge in [0.25, 0.3) is 10.3 Å². The van der Waals surface area contributed by atoms with Crippen molar-refractivity contribution >= 4 is 22.9 Å². The summed E-state index contributed by atoms with van der Waals surface area (Å²) in [6.07, 6.45) is 0. The van der Waals surface area contributed by atoms with E-state index in [0.717, 1.165) is 17.3 Å². The van der Waals surface area contributed by atoms with E-state index in [9.17, 15) is 19.7 Å². The zero-order valence-corrected chi connectivity index (χ0v) is 11.7. The molecule has 0 aliphatic carbocycles. The van der Waals surface area contributed by atoms with Crippen molar-refractivity contribution < 1.29 is 19.5 Å². The Morgan fingerprint density at radius 1 is 1.43 bits per heavy atom. The van der Waals surface area contributed by atoms with Crippen LogP contribution in [0, 0.1) is 10.1 Å². The molecule has 2 atom stereocenters. The Morgan fingerprint density at radius 3 is 2.67 bits per heavy atom. The summed E-state index contributed by atoms with van der Waals surface area (Å²) in [5, 5.41) is 8.42. The SMILES string of the molecule is NC(=O)C1C(c2ccccc2)SC(=O)N1CCO[N+](=O)[O-]. The smallest absolute Gasteiger partial charge is 0.294 e. The average molecular weight is 311 g/mol. The molecule has 1 aromatic carbocycles. The highest BCUT2D eigenvalue weighted by atomic mass is 32.2. The lowest BCUT2D eigenvalue weighted by atomic mass is 10.0. The first-order valence-corrected chi connectivity index (χ1v) is 6.97. The fraction of sp³-hybridized carbons (Fsp3) is 0.333. The van der Waals surface area contributed by atoms with Gasteiger partial charge >= 0.3 is 0 Å². The summed E-state index contributed by atoms with van der Waals surface area (Å²) >= 11 is 0.983. The third-order valence-electron chi connectivity index (χ3n) is 3.03. The van der Waals surface area contributed by atoms with Gasteiger partial charge in [-0.25, -0.2) is 0 Å². The Balaban J connectivity index is 2.16. The lowest BCUT2D eigenvalue weighted by Crippen LogP contribution is -2.45. The van der Waals surface area contributed by atoms with Crippen molar-refractivity contribution in [3.63, 3.8) is 0 Å². The molecule has 0 radical (unpaired) electrons. The maximum Gasteiger partial charge on any atom is 0.294 e. The van der Waals surface area contributed by atoms with Crippen LogP contribution in [0.15, 0.2) is 30.3 Å². The van der Waals surface area contributed by atoms with Crippen LogP contribution >= 0.6 is 11.8 Å². The van der Waals surface area contributed by atoms with Crippen LogP contribution in [0.4, 0.5) is 4.79 Å². The Morgan fingerprint density at radius 2 is 2.10 bits per heavy atom. The number of primary amides is 1. The summed E-state index contributed by atoms with van der Waals surface area (Å²) < 4.78 is 0. The van der Waals surface area contributed by atoms with Crippen LogP contribution in [0.1, 0.15) is 10.8 Å². The maximum atomic E-state index is 12.0. The molecule has 2 N–H and O–H groups in total. The van der Waals surface area contributed by atoms with E-state index >= 15 is 0 Å². The molecule has 2 amide bonds. The first-order valence-electron chi connectivity index (χ1n) is 6.09. The van der Waals surface area contributed by atoms with E-state index in [1.165, 1.54) is 4.90 Å². The highest BCUT2D eigenvalue weighted by Crippen LogP contribution is 2.42. The minimum Gasteiger partial charge on any atom is -0.368 e. The number of nitrogens with zero attached hydrogens (tertiary/aromatic N) is 2. The zero-order chi connectivity index (χ0) is 15.4. The van der Waals surface area contributed by atoms with Crippen molar-refractivity contribution in [2.24, 2.45) is 5.73 Å². The van der Waals surface area contributed by atoms with E-state index in [0.29, 0.717) is 0 Å². The lowest BCUT2D eigenvalue weighted by Gasteiger charge is -2.24. The van der Waals surface area contributed by atoms with Crippen molar-refractivity contribution in [1.82, 2.24) is 4.90 Å². The maximum absolute atomic E-state index is 12.0. The second kappa shape index (κ2) is 6.44. The molecule has 112 valence electrons. The summed E-state index contributed by atoms with van der Waals surface area (Å²) in [4.78, 5) is 39.2. The number of carbonyl (C=O) groups is 2. The van der Waals surface area contributed by atoms with Gasteiger partial charge in [-0.1, -0.05) is 42.1 Å². The van der Waals surface area contributed by atoms with Gasteiger partial charge in [0.15, 0.2) is 0 Å². The average Bonchev–Trinajstić information content (AvgIpc) is 2.77. The molecule has 1 aliphatic heterocycles. The normalized spacial score (nSPS) is 21.3. The van der Waals surface area contributed by atoms with Crippen molar-refractivity contribution in [2.75, 3.05) is 13.2 Å². The van der Waals surface area contributed by atoms with Gasteiger partial charge in [0.1, 0.15) is 12.6 Å². The molecule has 9 heteroatoms. The summed E-state index contributed by atoms with van der Waals surface area (Å²) in [7, 11) is 0. The van der Waals surface area contributed by atoms with Gasteiger partial charge in [-0.05, 0) is 5.56 Å². The fourth-order valence-electron chi connectivity index (χ4n) is 2.16. The van der Waals surface area contributed by atoms with Gasteiger partial charge in [-0.15, -0.1) is 10.1 Å². The molecular formula is C12H13N3O5S. The molecule has 2 rings (SSSR count). The van der Waals surface area contributed by atoms with Crippen molar-refractivity contribution in [2.45, 2.75) is 11.3 Å². The lowest BCUT2D eigenvalue weighted by molar-refractivity contribution is -0.757. The summed E-state index contributed by atoms with van der Waals surface area (Å²) in [6.45, 7) is -0.367. The van der Waals surface area contributed by atoms with Crippen LogP contribution in [0.5, 0.6) is 0 Å². The Bertz CT molecular complexity index is 553. The predicted octanol–water partition coefficient (Wildman–Crippen LogP) is 0.959. The first-order chi connectivity index (χ1) is 10.0. The third kappa shape index (κ3) is 3.43. The molecular weight excluding hydrogens is 298 g/mol. The molecule has 1 heterocycles. The van der Waals surface area contributed by atoms with Gasteiger partial charge in [0, 0.05) is 6.54 Å². The highest BCUT2D eigenvalue weighted by molar-refractivity contribution is 8.14. The molecule has 0 saturated carbocycles. The highest BCUT2D eigenvalue weighted by Gasteiger charge is 2.44. The number of rotatable bonds is 6. The minimum absolute atomic E-state index is 0.0657. The van der Waals surface area contributed by atoms with Gasteiger partial charge in [-0.2, -0.15) is 0 Å². The number of hydrogen-bond donors (Lipinski definition) is 1. The standard InChI is InChI=1S/C12H13N3O5S/c13-11(16)9-10(8-4-2-1-3-5-8)21-12(17)14(9)6-7-20-15(18)19/h1-5,9-10H,6-7H2,(H2,13,16). The predicted molar refractivity (Wildman–Crippen MR) is 74.8 cm³/mol. The van der Waals surface area contributed by atoms with Crippen molar-refractivity contribution in [3.8, 4) is 0 Å². The molecule has 8 nitrogen and oxygen atoms in total. The van der Waals surface area contributed by atoms with E-state index < -0.39 is 22.3 Å². The second-order valence-corrected chi connectivity index (χ2v) is 5.41. The van der Waals surface area contributed by atoms with Crippen LogP contribution in [0.3, 0.4) is 0 Å². The van der Waals surface area contributed by atoms with E-state index in [1.54, 1.807) is 24.3 Å². The number of amides is 2. The molecule has 0 bridgehead atoms. The van der Waals surface area contributed by atoms with Crippen molar-refractivity contribution in [3.05, 3.63) is 46.0 Å². The van der Waals surface area contributed by atoms with Crippen LogP contribution in [-0.2, 0) is 9.63 Å². The zero-order valence-electron chi connectivity index (χ0n) is 10.9. The number of nitrogens with two attached hydrogens (primary N) is 1. The monoisotopic (exact) mass is 311 g/mol. The number of benzene rings is 1. The van der Waals surface area contributed by atoms with Gasteiger partial charge < -0.3 is 15.5 Å². The summed E-state index contributed by atoms with van der Waals surface area (Å²) in [5.41, 5.74) is 6.19. The van der Waals surface area contributed by atoms with E-state index in [4.69, 9.17) is 5.73 Å². The molecule has 0 spiro atoms. The van der Waals surface area contributed by atoms with Crippen LogP contribution in [0.25, 0.3) is 0 Å². The Labute approximate surface area is 124 Å². The number of carbonyl (C=O) groups excluding carboxylic acids is 2. The van der Waals surface area contributed by atoms with Crippen LogP contribution in [-0.4, -0.2) is 40.3 Å². The Kier molecular flexibility index (Phi) is 4.63. The van der Waals surface area contributed by atoms with Gasteiger partial charge in [0.05, 0.1) is 5.25 Å². The quantitative estimate of drug-likeness (QED) is 0.618. The topological polar surface area (TPSA) is 116 Å². The Hall–Kier alpha value is -2.29. The second-order valence-electron chi connectivity index (χ2n) is 4.31. The third-order valence-corrected chi connectivity index (χ3v) is 4.25. The molecule has 21 heavy (non-hydrogen) atoms. The number of thioether (sulfide) groups is 1. The molecule has 1 aliphatic rings. The first kappa shape index (κ1) is 15.1. The molecule has 0 aromatic heterocycles. The molecule has 1 fully saturated rings. The fourth-order valence-corrected chi connectivity index (χ4v) is 3.42. The van der Waals surface area contributed by atoms with Crippen LogP contribution < -0.4 is 5.73 Å². The molecule has 1 aromatic rings. The number of hydrogen-bond acceptors (Lipinski definition) is 6.